The lowest BCUT2D eigenvalue weighted by Gasteiger charge is -2.12. The standard InChI is InChI=1S/C18H15F5O/c1-2-3-4-12-5-7-13(8-6-12)14-9-10-15(17(20)16(14)19)24-11-18(21,22)23/h2,5-10H,1,3-4,11H2. The van der Waals surface area contributed by atoms with E-state index in [1.807, 2.05) is 0 Å². The van der Waals surface area contributed by atoms with E-state index in [1.54, 1.807) is 30.3 Å². The molecule has 0 amide bonds. The molecule has 1 nitrogen and oxygen atoms in total. The maximum atomic E-state index is 14.1. The molecule has 0 atom stereocenters. The minimum Gasteiger partial charge on any atom is -0.481 e. The maximum absolute atomic E-state index is 14.1. The van der Waals surface area contributed by atoms with Crippen molar-refractivity contribution in [3.63, 3.8) is 0 Å². The Morgan fingerprint density at radius 3 is 2.21 bits per heavy atom. The minimum atomic E-state index is -4.62. The van der Waals surface area contributed by atoms with Gasteiger partial charge < -0.3 is 4.74 Å². The second-order valence-corrected chi connectivity index (χ2v) is 5.17. The van der Waals surface area contributed by atoms with Crippen molar-refractivity contribution >= 4 is 0 Å². The minimum absolute atomic E-state index is 0.0397. The first-order chi connectivity index (χ1) is 11.3. The highest BCUT2D eigenvalue weighted by Gasteiger charge is 2.29. The molecule has 128 valence electrons. The second kappa shape index (κ2) is 7.47. The van der Waals surface area contributed by atoms with Crippen LogP contribution in [-0.4, -0.2) is 12.8 Å². The van der Waals surface area contributed by atoms with Crippen molar-refractivity contribution in [3.05, 3.63) is 66.3 Å². The molecule has 0 aromatic heterocycles. The zero-order valence-corrected chi connectivity index (χ0v) is 12.7. The molecule has 0 radical (unpaired) electrons. The van der Waals surface area contributed by atoms with Gasteiger partial charge in [0, 0.05) is 5.56 Å². The van der Waals surface area contributed by atoms with Gasteiger partial charge in [-0.25, -0.2) is 4.39 Å². The fraction of sp³-hybridized carbons (Fsp3) is 0.222. The molecule has 0 saturated heterocycles. The molecule has 2 aromatic carbocycles. The lowest BCUT2D eigenvalue weighted by Crippen LogP contribution is -2.19. The summed E-state index contributed by atoms with van der Waals surface area (Å²) in [5, 5.41) is 0. The highest BCUT2D eigenvalue weighted by atomic mass is 19.4. The summed E-state index contributed by atoms with van der Waals surface area (Å²) >= 11 is 0. The molecule has 0 N–H and O–H groups in total. The van der Waals surface area contributed by atoms with Crippen LogP contribution in [0.15, 0.2) is 49.1 Å². The van der Waals surface area contributed by atoms with Crippen LogP contribution in [0.3, 0.4) is 0 Å². The fourth-order valence-electron chi connectivity index (χ4n) is 2.15. The van der Waals surface area contributed by atoms with Crippen LogP contribution >= 0.6 is 0 Å². The molecule has 0 heterocycles. The SMILES string of the molecule is C=CCCc1ccc(-c2ccc(OCC(F)(F)F)c(F)c2F)cc1. The first-order valence-corrected chi connectivity index (χ1v) is 7.19. The van der Waals surface area contributed by atoms with Crippen LogP contribution in [0.2, 0.25) is 0 Å². The number of benzene rings is 2. The van der Waals surface area contributed by atoms with E-state index in [0.29, 0.717) is 5.56 Å². The van der Waals surface area contributed by atoms with Gasteiger partial charge in [-0.15, -0.1) is 6.58 Å². The molecule has 24 heavy (non-hydrogen) atoms. The summed E-state index contributed by atoms with van der Waals surface area (Å²) in [4.78, 5) is 0. The normalized spacial score (nSPS) is 11.4. The van der Waals surface area contributed by atoms with Crippen LogP contribution in [0.4, 0.5) is 22.0 Å². The second-order valence-electron chi connectivity index (χ2n) is 5.17. The van der Waals surface area contributed by atoms with E-state index < -0.39 is 30.2 Å². The van der Waals surface area contributed by atoms with Crippen molar-refractivity contribution in [1.29, 1.82) is 0 Å². The smallest absolute Gasteiger partial charge is 0.422 e. The number of rotatable bonds is 6. The molecule has 0 fully saturated rings. The van der Waals surface area contributed by atoms with Crippen LogP contribution in [0, 0.1) is 11.6 Å². The molecule has 0 aliphatic rings. The van der Waals surface area contributed by atoms with Crippen LogP contribution in [-0.2, 0) is 6.42 Å². The molecular formula is C18H15F5O. The summed E-state index contributed by atoms with van der Waals surface area (Å²) in [6.45, 7) is 1.95. The van der Waals surface area contributed by atoms with E-state index in [-0.39, 0.29) is 5.56 Å². The quantitative estimate of drug-likeness (QED) is 0.484. The van der Waals surface area contributed by atoms with Crippen LogP contribution in [0.5, 0.6) is 5.75 Å². The summed E-state index contributed by atoms with van der Waals surface area (Å²) in [5.41, 5.74) is 1.41. The van der Waals surface area contributed by atoms with Gasteiger partial charge in [-0.3, -0.25) is 0 Å². The summed E-state index contributed by atoms with van der Waals surface area (Å²) in [6.07, 6.45) is -1.26. The van der Waals surface area contributed by atoms with Gasteiger partial charge in [-0.05, 0) is 36.1 Å². The highest BCUT2D eigenvalue weighted by molar-refractivity contribution is 5.65. The fourth-order valence-corrected chi connectivity index (χ4v) is 2.15. The predicted octanol–water partition coefficient (Wildman–Crippen LogP) is 5.69. The maximum Gasteiger partial charge on any atom is 0.422 e. The molecule has 2 aromatic rings. The molecule has 2 rings (SSSR count). The number of halogens is 5. The Labute approximate surface area is 136 Å². The Morgan fingerprint density at radius 2 is 1.62 bits per heavy atom. The lowest BCUT2D eigenvalue weighted by molar-refractivity contribution is -0.153. The van der Waals surface area contributed by atoms with Gasteiger partial charge in [0.1, 0.15) is 0 Å². The first kappa shape index (κ1) is 18.0. The molecule has 0 bridgehead atoms. The zero-order valence-electron chi connectivity index (χ0n) is 12.7. The van der Waals surface area contributed by atoms with Crippen LogP contribution in [0.1, 0.15) is 12.0 Å². The van der Waals surface area contributed by atoms with Gasteiger partial charge >= 0.3 is 6.18 Å². The van der Waals surface area contributed by atoms with Gasteiger partial charge in [0.05, 0.1) is 0 Å². The number of allylic oxidation sites excluding steroid dienone is 1. The van der Waals surface area contributed by atoms with Crippen molar-refractivity contribution in [2.45, 2.75) is 19.0 Å². The Balaban J connectivity index is 2.22. The topological polar surface area (TPSA) is 9.23 Å². The highest BCUT2D eigenvalue weighted by Crippen LogP contribution is 2.31. The summed E-state index contributed by atoms with van der Waals surface area (Å²) in [7, 11) is 0. The Morgan fingerprint density at radius 1 is 0.958 bits per heavy atom. The Bertz CT molecular complexity index is 705. The van der Waals surface area contributed by atoms with E-state index in [1.165, 1.54) is 6.07 Å². The van der Waals surface area contributed by atoms with Crippen molar-refractivity contribution in [3.8, 4) is 16.9 Å². The van der Waals surface area contributed by atoms with E-state index >= 15 is 0 Å². The molecule has 0 unspecified atom stereocenters. The largest absolute Gasteiger partial charge is 0.481 e. The third-order valence-corrected chi connectivity index (χ3v) is 3.34. The first-order valence-electron chi connectivity index (χ1n) is 7.19. The zero-order chi connectivity index (χ0) is 17.7. The average molecular weight is 342 g/mol. The van der Waals surface area contributed by atoms with E-state index in [9.17, 15) is 22.0 Å². The number of ether oxygens (including phenoxy) is 1. The summed E-state index contributed by atoms with van der Waals surface area (Å²) < 4.78 is 68.6. The Hall–Kier alpha value is -2.37. The molecule has 0 saturated carbocycles. The molecule has 0 spiro atoms. The van der Waals surface area contributed by atoms with Crippen LogP contribution < -0.4 is 4.74 Å². The van der Waals surface area contributed by atoms with Crippen molar-refractivity contribution in [2.75, 3.05) is 6.61 Å². The number of aryl methyl sites for hydroxylation is 1. The predicted molar refractivity (Wildman–Crippen MR) is 81.9 cm³/mol. The summed E-state index contributed by atoms with van der Waals surface area (Å²) in [6, 6.07) is 9.02. The Kier molecular flexibility index (Phi) is 5.59. The van der Waals surface area contributed by atoms with E-state index in [4.69, 9.17) is 0 Å². The van der Waals surface area contributed by atoms with Gasteiger partial charge in [0.25, 0.3) is 0 Å². The molecule has 6 heteroatoms. The number of hydrogen-bond donors (Lipinski definition) is 0. The lowest BCUT2D eigenvalue weighted by atomic mass is 10.0. The monoisotopic (exact) mass is 342 g/mol. The summed E-state index contributed by atoms with van der Waals surface area (Å²) in [5.74, 6) is -3.45. The molecule has 0 aliphatic carbocycles. The van der Waals surface area contributed by atoms with Crippen molar-refractivity contribution < 1.29 is 26.7 Å². The average Bonchev–Trinajstić information content (AvgIpc) is 2.54. The third-order valence-electron chi connectivity index (χ3n) is 3.34. The van der Waals surface area contributed by atoms with E-state index in [0.717, 1.165) is 24.5 Å². The van der Waals surface area contributed by atoms with Crippen molar-refractivity contribution in [1.82, 2.24) is 0 Å². The third kappa shape index (κ3) is 4.57. The van der Waals surface area contributed by atoms with Crippen molar-refractivity contribution in [2.24, 2.45) is 0 Å². The van der Waals surface area contributed by atoms with Gasteiger partial charge in [-0.2, -0.15) is 17.6 Å². The molecule has 0 aliphatic heterocycles. The van der Waals surface area contributed by atoms with Gasteiger partial charge in [0.15, 0.2) is 18.2 Å². The number of hydrogen-bond acceptors (Lipinski definition) is 1. The molecular weight excluding hydrogens is 327 g/mol. The van der Waals surface area contributed by atoms with Crippen LogP contribution in [0.25, 0.3) is 11.1 Å². The van der Waals surface area contributed by atoms with E-state index in [2.05, 4.69) is 11.3 Å². The van der Waals surface area contributed by atoms with Gasteiger partial charge in [-0.1, -0.05) is 30.3 Å². The van der Waals surface area contributed by atoms with Gasteiger partial charge in [0.2, 0.25) is 5.82 Å². The number of alkyl halides is 3.